The number of nitrogens with zero attached hydrogens (tertiary/aromatic N) is 1. The average Bonchev–Trinajstić information content (AvgIpc) is 2.91. The Morgan fingerprint density at radius 2 is 1.68 bits per heavy atom. The standard InChI is InChI=1S/C30H31Cl2N3O5/c1-4-7-21-14-20(15-27(39-6-3)30(21)40-19-22-8-9-23(31)16-26(22)32)18-33-35-29(37)17-28(36)34-24-10-12-25(13-11-24)38-5-2/h4,8-16,18H,1,5-7,17,19H2,2-3H3,(H,34,36)(H,35,37). The molecule has 210 valence electrons. The minimum atomic E-state index is -0.559. The van der Waals surface area contributed by atoms with Crippen LogP contribution in [0.25, 0.3) is 0 Å². The Bertz CT molecular complexity index is 1360. The van der Waals surface area contributed by atoms with E-state index in [1.54, 1.807) is 54.6 Å². The fourth-order valence-electron chi connectivity index (χ4n) is 3.65. The Hall–Kier alpha value is -4.01. The van der Waals surface area contributed by atoms with Crippen molar-refractivity contribution < 1.29 is 23.8 Å². The van der Waals surface area contributed by atoms with Gasteiger partial charge in [0.15, 0.2) is 11.5 Å². The summed E-state index contributed by atoms with van der Waals surface area (Å²) < 4.78 is 17.3. The van der Waals surface area contributed by atoms with Gasteiger partial charge in [-0.25, -0.2) is 5.43 Å². The highest BCUT2D eigenvalue weighted by molar-refractivity contribution is 6.35. The third kappa shape index (κ3) is 9.32. The van der Waals surface area contributed by atoms with Gasteiger partial charge >= 0.3 is 0 Å². The summed E-state index contributed by atoms with van der Waals surface area (Å²) in [5.74, 6) is 0.734. The number of ether oxygens (including phenoxy) is 3. The maximum atomic E-state index is 12.3. The molecule has 0 unspecified atom stereocenters. The van der Waals surface area contributed by atoms with E-state index in [2.05, 4.69) is 22.4 Å². The van der Waals surface area contributed by atoms with Crippen molar-refractivity contribution in [2.45, 2.75) is 33.3 Å². The van der Waals surface area contributed by atoms with E-state index in [0.29, 0.717) is 58.2 Å². The van der Waals surface area contributed by atoms with Gasteiger partial charge in [0, 0.05) is 26.9 Å². The van der Waals surface area contributed by atoms with Crippen molar-refractivity contribution in [1.29, 1.82) is 0 Å². The second kappa shape index (κ2) is 15.5. The van der Waals surface area contributed by atoms with Gasteiger partial charge in [0.25, 0.3) is 0 Å². The van der Waals surface area contributed by atoms with Crippen LogP contribution in [0.15, 0.2) is 72.4 Å². The molecule has 3 aromatic rings. The molecule has 0 aliphatic rings. The summed E-state index contributed by atoms with van der Waals surface area (Å²) in [5, 5.41) is 7.72. The minimum Gasteiger partial charge on any atom is -0.494 e. The lowest BCUT2D eigenvalue weighted by Gasteiger charge is -2.17. The molecule has 0 fully saturated rings. The van der Waals surface area contributed by atoms with E-state index in [1.807, 2.05) is 19.9 Å². The van der Waals surface area contributed by atoms with Gasteiger partial charge in [-0.05, 0) is 74.4 Å². The normalized spacial score (nSPS) is 10.7. The molecular weight excluding hydrogens is 553 g/mol. The van der Waals surface area contributed by atoms with Gasteiger partial charge in [-0.2, -0.15) is 5.10 Å². The first-order valence-corrected chi connectivity index (χ1v) is 13.4. The number of hydrazone groups is 1. The van der Waals surface area contributed by atoms with Crippen LogP contribution in [-0.4, -0.2) is 31.2 Å². The van der Waals surface area contributed by atoms with Gasteiger partial charge in [0.1, 0.15) is 18.8 Å². The second-order valence-electron chi connectivity index (χ2n) is 8.43. The lowest BCUT2D eigenvalue weighted by molar-refractivity contribution is -0.126. The molecule has 40 heavy (non-hydrogen) atoms. The zero-order chi connectivity index (χ0) is 28.9. The van der Waals surface area contributed by atoms with E-state index in [1.165, 1.54) is 6.21 Å². The van der Waals surface area contributed by atoms with Crippen LogP contribution in [0.4, 0.5) is 5.69 Å². The molecule has 10 heteroatoms. The van der Waals surface area contributed by atoms with Gasteiger partial charge in [-0.3, -0.25) is 9.59 Å². The van der Waals surface area contributed by atoms with E-state index in [0.717, 1.165) is 11.1 Å². The molecule has 0 radical (unpaired) electrons. The fourth-order valence-corrected chi connectivity index (χ4v) is 4.11. The van der Waals surface area contributed by atoms with Crippen molar-refractivity contribution in [2.75, 3.05) is 18.5 Å². The summed E-state index contributed by atoms with van der Waals surface area (Å²) in [6.07, 6.45) is 3.33. The molecule has 3 aromatic carbocycles. The molecule has 0 aromatic heterocycles. The van der Waals surface area contributed by atoms with Gasteiger partial charge in [-0.15, -0.1) is 6.58 Å². The molecule has 0 aliphatic carbocycles. The number of hydrogen-bond acceptors (Lipinski definition) is 6. The summed E-state index contributed by atoms with van der Waals surface area (Å²) in [7, 11) is 0. The first-order chi connectivity index (χ1) is 19.3. The maximum absolute atomic E-state index is 12.3. The predicted octanol–water partition coefficient (Wildman–Crippen LogP) is 6.58. The van der Waals surface area contributed by atoms with Crippen LogP contribution >= 0.6 is 23.2 Å². The van der Waals surface area contributed by atoms with Crippen LogP contribution in [0, 0.1) is 0 Å². The van der Waals surface area contributed by atoms with E-state index >= 15 is 0 Å². The number of anilines is 1. The van der Waals surface area contributed by atoms with E-state index in [9.17, 15) is 9.59 Å². The van der Waals surface area contributed by atoms with Crippen molar-refractivity contribution in [3.8, 4) is 17.2 Å². The third-order valence-electron chi connectivity index (χ3n) is 5.38. The van der Waals surface area contributed by atoms with E-state index in [4.69, 9.17) is 37.4 Å². The largest absolute Gasteiger partial charge is 0.494 e. The number of benzene rings is 3. The Kier molecular flexibility index (Phi) is 11.9. The smallest absolute Gasteiger partial charge is 0.249 e. The summed E-state index contributed by atoms with van der Waals surface area (Å²) in [5.41, 5.74) is 5.19. The highest BCUT2D eigenvalue weighted by atomic mass is 35.5. The van der Waals surface area contributed by atoms with Gasteiger partial charge in [0.2, 0.25) is 11.8 Å². The van der Waals surface area contributed by atoms with Crippen LogP contribution < -0.4 is 25.0 Å². The van der Waals surface area contributed by atoms with E-state index < -0.39 is 18.2 Å². The van der Waals surface area contributed by atoms with Crippen molar-refractivity contribution in [1.82, 2.24) is 5.43 Å². The summed E-state index contributed by atoms with van der Waals surface area (Å²) >= 11 is 12.3. The van der Waals surface area contributed by atoms with Gasteiger partial charge in [0.05, 0.1) is 19.4 Å². The molecule has 0 spiro atoms. The maximum Gasteiger partial charge on any atom is 0.249 e. The van der Waals surface area contributed by atoms with Crippen LogP contribution in [0.1, 0.15) is 37.0 Å². The summed E-state index contributed by atoms with van der Waals surface area (Å²) in [4.78, 5) is 24.5. The first kappa shape index (κ1) is 30.5. The highest BCUT2D eigenvalue weighted by Gasteiger charge is 2.15. The number of halogens is 2. The Morgan fingerprint density at radius 3 is 2.35 bits per heavy atom. The van der Waals surface area contributed by atoms with Crippen LogP contribution in [0.5, 0.6) is 17.2 Å². The predicted molar refractivity (Wildman–Crippen MR) is 159 cm³/mol. The average molecular weight is 585 g/mol. The molecule has 0 atom stereocenters. The number of hydrogen-bond donors (Lipinski definition) is 2. The quantitative estimate of drug-likeness (QED) is 0.0966. The Labute approximate surface area is 243 Å². The summed E-state index contributed by atoms with van der Waals surface area (Å²) in [6.45, 7) is 8.76. The third-order valence-corrected chi connectivity index (χ3v) is 5.97. The molecule has 2 N–H and O–H groups in total. The van der Waals surface area contributed by atoms with Crippen molar-refractivity contribution in [3.05, 3.63) is 94.0 Å². The van der Waals surface area contributed by atoms with Crippen molar-refractivity contribution in [3.63, 3.8) is 0 Å². The molecule has 0 aliphatic heterocycles. The van der Waals surface area contributed by atoms with Crippen LogP contribution in [-0.2, 0) is 22.6 Å². The summed E-state index contributed by atoms with van der Waals surface area (Å²) in [6, 6.07) is 15.7. The number of allylic oxidation sites excluding steroid dienone is 1. The molecule has 0 heterocycles. The van der Waals surface area contributed by atoms with Crippen LogP contribution in [0.3, 0.4) is 0 Å². The second-order valence-corrected chi connectivity index (χ2v) is 9.28. The zero-order valence-corrected chi connectivity index (χ0v) is 23.8. The Balaban J connectivity index is 1.65. The number of carbonyl (C=O) groups excluding carboxylic acids is 2. The molecule has 0 bridgehead atoms. The van der Waals surface area contributed by atoms with Gasteiger partial charge < -0.3 is 19.5 Å². The molecule has 0 saturated heterocycles. The number of nitrogens with one attached hydrogen (secondary N) is 2. The Morgan fingerprint density at radius 1 is 0.925 bits per heavy atom. The number of amides is 2. The van der Waals surface area contributed by atoms with Crippen molar-refractivity contribution in [2.24, 2.45) is 5.10 Å². The molecule has 3 rings (SSSR count). The fraction of sp³-hybridized carbons (Fsp3) is 0.233. The van der Waals surface area contributed by atoms with Crippen molar-refractivity contribution >= 4 is 46.9 Å². The zero-order valence-electron chi connectivity index (χ0n) is 22.3. The molecule has 0 saturated carbocycles. The molecular formula is C30H31Cl2N3O5. The first-order valence-electron chi connectivity index (χ1n) is 12.6. The topological polar surface area (TPSA) is 98.3 Å². The minimum absolute atomic E-state index is 0.211. The monoisotopic (exact) mass is 583 g/mol. The molecule has 2 amide bonds. The molecule has 8 nitrogen and oxygen atoms in total. The van der Waals surface area contributed by atoms with Crippen LogP contribution in [0.2, 0.25) is 10.0 Å². The SMILES string of the molecule is C=CCc1cc(C=NNC(=O)CC(=O)Nc2ccc(OCC)cc2)cc(OCC)c1OCc1ccc(Cl)cc1Cl. The lowest BCUT2D eigenvalue weighted by Crippen LogP contribution is -2.24. The van der Waals surface area contributed by atoms with E-state index in [-0.39, 0.29) is 6.61 Å². The lowest BCUT2D eigenvalue weighted by atomic mass is 10.1. The highest BCUT2D eigenvalue weighted by Crippen LogP contribution is 2.35. The van der Waals surface area contributed by atoms with Gasteiger partial charge in [-0.1, -0.05) is 35.3 Å². The number of carbonyl (C=O) groups is 2. The number of rotatable bonds is 14.